The average Bonchev–Trinajstić information content (AvgIpc) is 3.03. The zero-order chi connectivity index (χ0) is 23.7. The summed E-state index contributed by atoms with van der Waals surface area (Å²) in [5.74, 6) is 0.398. The summed E-state index contributed by atoms with van der Waals surface area (Å²) >= 11 is 6.49. The molecule has 0 aliphatic rings. The molecular weight excluding hydrogens is 426 g/mol. The van der Waals surface area contributed by atoms with Gasteiger partial charge in [0.1, 0.15) is 5.75 Å². The van der Waals surface area contributed by atoms with Crippen LogP contribution in [0.2, 0.25) is 5.02 Å². The minimum absolute atomic E-state index is 0.199. The van der Waals surface area contributed by atoms with Crippen molar-refractivity contribution in [2.24, 2.45) is 0 Å². The molecule has 1 N–H and O–H groups in total. The number of nitrogens with zero attached hydrogens (tertiary/aromatic N) is 1. The van der Waals surface area contributed by atoms with Gasteiger partial charge >= 0.3 is 0 Å². The van der Waals surface area contributed by atoms with Gasteiger partial charge in [0.2, 0.25) is 0 Å². The van der Waals surface area contributed by atoms with Crippen LogP contribution in [0.1, 0.15) is 52.7 Å². The quantitative estimate of drug-likeness (QED) is 0.268. The van der Waals surface area contributed by atoms with Crippen LogP contribution in [0.5, 0.6) is 5.75 Å². The fourth-order valence-electron chi connectivity index (χ4n) is 4.87. The molecule has 0 fully saturated rings. The van der Waals surface area contributed by atoms with Crippen LogP contribution >= 0.6 is 11.6 Å². The van der Waals surface area contributed by atoms with Crippen LogP contribution in [0.4, 0.5) is 0 Å². The van der Waals surface area contributed by atoms with Gasteiger partial charge in [0.15, 0.2) is 0 Å². The second kappa shape index (κ2) is 7.27. The van der Waals surface area contributed by atoms with E-state index in [-0.39, 0.29) is 10.8 Å². The summed E-state index contributed by atoms with van der Waals surface area (Å²) < 4.78 is 2.23. The highest BCUT2D eigenvalue weighted by Crippen LogP contribution is 2.45. The molecule has 0 saturated heterocycles. The summed E-state index contributed by atoms with van der Waals surface area (Å²) in [5.41, 5.74) is 5.99. The van der Waals surface area contributed by atoms with E-state index in [0.717, 1.165) is 33.3 Å². The molecule has 3 heteroatoms. The number of benzene rings is 3. The van der Waals surface area contributed by atoms with E-state index in [1.807, 2.05) is 18.3 Å². The summed E-state index contributed by atoms with van der Waals surface area (Å²) in [4.78, 5) is 0. The molecule has 0 radical (unpaired) electrons. The Hall–Kier alpha value is -2.97. The summed E-state index contributed by atoms with van der Waals surface area (Å²) in [6.07, 6.45) is 2.05. The van der Waals surface area contributed by atoms with Gasteiger partial charge in [-0.15, -0.1) is 0 Å². The van der Waals surface area contributed by atoms with Crippen LogP contribution < -0.4 is 0 Å². The Morgan fingerprint density at radius 3 is 1.88 bits per heavy atom. The number of phenols is 1. The molecule has 0 aliphatic heterocycles. The molecule has 5 rings (SSSR count). The minimum atomic E-state index is -0.199. The average molecular weight is 456 g/mol. The number of rotatable bonds is 1. The maximum atomic E-state index is 11.3. The maximum Gasteiger partial charge on any atom is 0.123 e. The van der Waals surface area contributed by atoms with Crippen molar-refractivity contribution in [3.05, 3.63) is 83.0 Å². The second-order valence-electron chi connectivity index (χ2n) is 11.1. The largest absolute Gasteiger partial charge is 0.507 e. The Balaban J connectivity index is 1.97. The van der Waals surface area contributed by atoms with E-state index < -0.39 is 0 Å². The first-order valence-electron chi connectivity index (χ1n) is 11.5. The molecule has 2 nitrogen and oxygen atoms in total. The van der Waals surface area contributed by atoms with Crippen molar-refractivity contribution in [3.63, 3.8) is 0 Å². The molecule has 0 unspecified atom stereocenters. The van der Waals surface area contributed by atoms with Gasteiger partial charge in [0.25, 0.3) is 0 Å². The maximum absolute atomic E-state index is 11.3. The Bertz CT molecular complexity index is 1510. The lowest BCUT2D eigenvalue weighted by atomic mass is 9.77. The van der Waals surface area contributed by atoms with Crippen molar-refractivity contribution in [1.29, 1.82) is 0 Å². The fourth-order valence-corrected chi connectivity index (χ4v) is 5.03. The lowest BCUT2D eigenvalue weighted by Crippen LogP contribution is -2.17. The van der Waals surface area contributed by atoms with Gasteiger partial charge in [-0.2, -0.15) is 0 Å². The Labute approximate surface area is 200 Å². The summed E-state index contributed by atoms with van der Waals surface area (Å²) in [6, 6.07) is 21.3. The SMILES string of the molecule is CC(C)(C)c1cc(-c2c3cc4ccccc4cc3n3ccc(Cl)cc23)cc(C(C)(C)C)c1O. The second-order valence-corrected chi connectivity index (χ2v) is 11.5. The van der Waals surface area contributed by atoms with Crippen LogP contribution in [0.3, 0.4) is 0 Å². The van der Waals surface area contributed by atoms with E-state index in [0.29, 0.717) is 10.8 Å². The Kier molecular flexibility index (Phi) is 4.81. The minimum Gasteiger partial charge on any atom is -0.507 e. The van der Waals surface area contributed by atoms with E-state index in [1.54, 1.807) is 0 Å². The highest BCUT2D eigenvalue weighted by Gasteiger charge is 2.28. The number of halogens is 1. The molecule has 0 amide bonds. The summed E-state index contributed by atoms with van der Waals surface area (Å²) in [5, 5.41) is 15.6. The predicted molar refractivity (Wildman–Crippen MR) is 142 cm³/mol. The van der Waals surface area contributed by atoms with Gasteiger partial charge in [0, 0.05) is 33.3 Å². The van der Waals surface area contributed by atoms with Crippen LogP contribution in [0.15, 0.2) is 66.9 Å². The lowest BCUT2D eigenvalue weighted by molar-refractivity contribution is 0.423. The fraction of sp³-hybridized carbons (Fsp3) is 0.267. The number of aromatic nitrogens is 1. The van der Waals surface area contributed by atoms with E-state index in [4.69, 9.17) is 11.6 Å². The van der Waals surface area contributed by atoms with Gasteiger partial charge in [0.05, 0.1) is 11.0 Å². The van der Waals surface area contributed by atoms with Gasteiger partial charge in [-0.3, -0.25) is 0 Å². The third-order valence-electron chi connectivity index (χ3n) is 6.58. The van der Waals surface area contributed by atoms with Crippen molar-refractivity contribution in [2.45, 2.75) is 52.4 Å². The number of fused-ring (bicyclic) bond motifs is 4. The molecule has 0 atom stereocenters. The zero-order valence-corrected chi connectivity index (χ0v) is 20.9. The number of aromatic hydroxyl groups is 1. The smallest absolute Gasteiger partial charge is 0.123 e. The lowest BCUT2D eigenvalue weighted by Gasteiger charge is -2.28. The van der Waals surface area contributed by atoms with Crippen LogP contribution in [-0.4, -0.2) is 9.51 Å². The molecular formula is C30H30ClNO. The van der Waals surface area contributed by atoms with Crippen LogP contribution in [0.25, 0.3) is 38.3 Å². The molecule has 0 aliphatic carbocycles. The molecule has 168 valence electrons. The van der Waals surface area contributed by atoms with E-state index in [9.17, 15) is 5.11 Å². The van der Waals surface area contributed by atoms with Crippen molar-refractivity contribution in [1.82, 2.24) is 4.40 Å². The molecule has 33 heavy (non-hydrogen) atoms. The first kappa shape index (κ1) is 21.9. The summed E-state index contributed by atoms with van der Waals surface area (Å²) in [6.45, 7) is 12.9. The zero-order valence-electron chi connectivity index (χ0n) is 20.1. The predicted octanol–water partition coefficient (Wildman–Crippen LogP) is 8.87. The van der Waals surface area contributed by atoms with Gasteiger partial charge < -0.3 is 9.51 Å². The van der Waals surface area contributed by atoms with Crippen molar-refractivity contribution >= 4 is 38.8 Å². The molecule has 2 aromatic heterocycles. The van der Waals surface area contributed by atoms with Crippen LogP contribution in [0, 0.1) is 0 Å². The molecule has 2 heterocycles. The van der Waals surface area contributed by atoms with Crippen molar-refractivity contribution in [2.75, 3.05) is 0 Å². The number of pyridine rings is 1. The van der Waals surface area contributed by atoms with Gasteiger partial charge in [-0.05, 0) is 63.6 Å². The Morgan fingerprint density at radius 1 is 0.727 bits per heavy atom. The van der Waals surface area contributed by atoms with Crippen molar-refractivity contribution < 1.29 is 5.11 Å². The highest BCUT2D eigenvalue weighted by atomic mass is 35.5. The molecule has 3 aromatic carbocycles. The first-order chi connectivity index (χ1) is 15.4. The third kappa shape index (κ3) is 3.57. The third-order valence-corrected chi connectivity index (χ3v) is 6.82. The summed E-state index contributed by atoms with van der Waals surface area (Å²) in [7, 11) is 0. The molecule has 0 spiro atoms. The molecule has 5 aromatic rings. The van der Waals surface area contributed by atoms with E-state index in [1.165, 1.54) is 16.2 Å². The van der Waals surface area contributed by atoms with Crippen LogP contribution in [-0.2, 0) is 10.8 Å². The number of hydrogen-bond donors (Lipinski definition) is 1. The molecule has 0 saturated carbocycles. The number of phenolic OH excluding ortho intramolecular Hbond substituents is 1. The van der Waals surface area contributed by atoms with Crippen molar-refractivity contribution in [3.8, 4) is 16.9 Å². The highest BCUT2D eigenvalue weighted by molar-refractivity contribution is 6.31. The first-order valence-corrected chi connectivity index (χ1v) is 11.8. The van der Waals surface area contributed by atoms with Gasteiger partial charge in [-0.1, -0.05) is 77.4 Å². The number of hydrogen-bond acceptors (Lipinski definition) is 1. The molecule has 0 bridgehead atoms. The van der Waals surface area contributed by atoms with E-state index >= 15 is 0 Å². The van der Waals surface area contributed by atoms with Gasteiger partial charge in [-0.25, -0.2) is 0 Å². The topological polar surface area (TPSA) is 24.6 Å². The van der Waals surface area contributed by atoms with E-state index in [2.05, 4.69) is 94.5 Å². The standard InChI is InChI=1S/C30H30ClNO/c1-29(2,3)23-14-20(15-24(28(23)33)30(4,5)6)27-22-13-18-9-7-8-10-19(18)16-25(22)32-12-11-21(31)17-26(27)32/h7-17,33H,1-6H3. The normalized spacial score (nSPS) is 12.8. The monoisotopic (exact) mass is 455 g/mol. The Morgan fingerprint density at radius 2 is 1.30 bits per heavy atom.